The van der Waals surface area contributed by atoms with E-state index in [1.165, 1.54) is 44.9 Å². The summed E-state index contributed by atoms with van der Waals surface area (Å²) in [6.45, 7) is 22.1. The lowest BCUT2D eigenvalue weighted by Gasteiger charge is -2.73. The number of aliphatic carboxylic acids is 1. The first kappa shape index (κ1) is 41.5. The maximum Gasteiger partial charge on any atom is 0.309 e. The zero-order valence-corrected chi connectivity index (χ0v) is 37.0. The number of ether oxygens (including phenoxy) is 1. The van der Waals surface area contributed by atoms with Gasteiger partial charge in [0.15, 0.2) is 9.84 Å². The van der Waals surface area contributed by atoms with Crippen molar-refractivity contribution in [3.8, 4) is 0 Å². The fraction of sp³-hybridized carbons (Fsp3) is 0.957. The van der Waals surface area contributed by atoms with Gasteiger partial charge in [-0.25, -0.2) is 12.8 Å². The van der Waals surface area contributed by atoms with Crippen molar-refractivity contribution in [3.63, 3.8) is 0 Å². The molecule has 0 radical (unpaired) electrons. The number of halogens is 1. The monoisotopic (exact) mass is 803 g/mol. The highest BCUT2D eigenvalue weighted by Crippen LogP contribution is 2.78. The number of nitrogens with zero attached hydrogens (tertiary/aromatic N) is 1. The number of carbonyl (C=O) groups is 2. The van der Waals surface area contributed by atoms with Crippen LogP contribution in [0.25, 0.3) is 0 Å². The molecule has 0 aromatic carbocycles. The summed E-state index contributed by atoms with van der Waals surface area (Å²) in [5, 5.41) is 13.9. The molecule has 0 aromatic rings. The van der Waals surface area contributed by atoms with Crippen molar-refractivity contribution in [1.82, 2.24) is 10.2 Å². The second kappa shape index (κ2) is 13.4. The van der Waals surface area contributed by atoms with Gasteiger partial charge in [0.25, 0.3) is 0 Å². The van der Waals surface area contributed by atoms with Crippen LogP contribution in [0.15, 0.2) is 0 Å². The summed E-state index contributed by atoms with van der Waals surface area (Å²) >= 11 is 0. The van der Waals surface area contributed by atoms with Gasteiger partial charge in [0.05, 0.1) is 29.4 Å². The third kappa shape index (κ3) is 6.05. The number of fused-ring (bicyclic) bond motifs is 7. The molecule has 1 aliphatic heterocycles. The minimum atomic E-state index is -3.04. The molecule has 8 fully saturated rings. The fourth-order valence-corrected chi connectivity index (χ4v) is 17.6. The average molecular weight is 803 g/mol. The first-order chi connectivity index (χ1) is 26.0. The summed E-state index contributed by atoms with van der Waals surface area (Å²) in [4.78, 5) is 27.6. The van der Waals surface area contributed by atoms with E-state index >= 15 is 4.39 Å². The second-order valence-corrected chi connectivity index (χ2v) is 25.6. The molecule has 0 amide bonds. The van der Waals surface area contributed by atoms with E-state index in [0.717, 1.165) is 32.1 Å². The van der Waals surface area contributed by atoms with Crippen molar-refractivity contribution in [3.05, 3.63) is 0 Å². The smallest absolute Gasteiger partial charge is 0.309 e. The topological polar surface area (TPSA) is 113 Å². The molecule has 318 valence electrons. The van der Waals surface area contributed by atoms with Crippen molar-refractivity contribution < 1.29 is 32.2 Å². The van der Waals surface area contributed by atoms with Gasteiger partial charge in [-0.3, -0.25) is 14.5 Å². The maximum atomic E-state index is 15.4. The summed E-state index contributed by atoms with van der Waals surface area (Å²) in [6.07, 6.45) is 13.3. The molecule has 1 heterocycles. The molecule has 8 rings (SSSR count). The standard InChI is InChI=1S/C46H75FN2O6S/c1-28(47)33(49-22-24-56(53,54)25-23-49)27-48-46-17-12-29(42(6)18-19-42)37(46)30-10-11-35-43(7)15-14-36(55-39(52)32-26-31(38(50)51)40(32,2)3)41(4,5)34(43)13-16-45(35,9)44(30,8)20-21-46/h28-37,48H,10-27H2,1-9H3,(H,50,51)/t28-,29+,30+,31-,32+,33+,34-,35+,36-,37+,43-,44+,45+,46?/m0/s1. The van der Waals surface area contributed by atoms with Gasteiger partial charge in [0.2, 0.25) is 0 Å². The fourth-order valence-electron chi connectivity index (χ4n) is 16.3. The predicted molar refractivity (Wildman–Crippen MR) is 217 cm³/mol. The summed E-state index contributed by atoms with van der Waals surface area (Å²) in [6, 6.07) is -0.312. The SMILES string of the molecule is C[C@H](F)[C@@H](CNC12CC[C@@H](C3(C)CC3)[C@@H]1[C@H]1CC[C@@H]3[C@@]4(C)CC[C@H](OC(=O)[C@H]5C[C@@H](C(=O)O)C5(C)C)C(C)(C)[C@@H]4CC[C@@]3(C)[C@]1(C)CC2)N1CCS(=O)(=O)CC1. The molecule has 1 unspecified atom stereocenters. The largest absolute Gasteiger partial charge is 0.481 e. The van der Waals surface area contributed by atoms with Crippen LogP contribution in [0.4, 0.5) is 4.39 Å². The highest BCUT2D eigenvalue weighted by atomic mass is 32.2. The van der Waals surface area contributed by atoms with E-state index < -0.39 is 33.3 Å². The van der Waals surface area contributed by atoms with Crippen LogP contribution in [0.2, 0.25) is 0 Å². The number of esters is 1. The van der Waals surface area contributed by atoms with Crippen molar-refractivity contribution in [2.45, 2.75) is 170 Å². The molecule has 8 aliphatic rings. The van der Waals surface area contributed by atoms with Crippen molar-refractivity contribution >= 4 is 21.8 Å². The van der Waals surface area contributed by atoms with Gasteiger partial charge in [0, 0.05) is 30.6 Å². The molecule has 56 heavy (non-hydrogen) atoms. The van der Waals surface area contributed by atoms with Crippen LogP contribution >= 0.6 is 0 Å². The molecule has 14 atom stereocenters. The Labute approximate surface area is 337 Å². The summed E-state index contributed by atoms with van der Waals surface area (Å²) in [7, 11) is -3.04. The van der Waals surface area contributed by atoms with Gasteiger partial charge < -0.3 is 15.2 Å². The van der Waals surface area contributed by atoms with Crippen molar-refractivity contribution in [2.24, 2.45) is 73.9 Å². The molecule has 0 aromatic heterocycles. The number of sulfone groups is 1. The Bertz CT molecular complexity index is 1680. The number of hydrogen-bond acceptors (Lipinski definition) is 7. The van der Waals surface area contributed by atoms with Crippen LogP contribution in [0, 0.1) is 73.9 Å². The Kier molecular flexibility index (Phi) is 9.90. The van der Waals surface area contributed by atoms with Gasteiger partial charge in [-0.15, -0.1) is 0 Å². The zero-order chi connectivity index (χ0) is 40.6. The number of rotatable bonds is 9. The molecule has 10 heteroatoms. The molecule has 1 saturated heterocycles. The lowest BCUT2D eigenvalue weighted by atomic mass is 9.32. The molecule has 0 bridgehead atoms. The van der Waals surface area contributed by atoms with Crippen LogP contribution in [-0.2, 0) is 24.2 Å². The number of hydrogen-bond donors (Lipinski definition) is 2. The van der Waals surface area contributed by atoms with Gasteiger partial charge in [-0.2, -0.15) is 0 Å². The third-order valence-corrected chi connectivity index (χ3v) is 22.1. The summed E-state index contributed by atoms with van der Waals surface area (Å²) in [5.41, 5.74) is 0.189. The minimum absolute atomic E-state index is 0.00314. The number of carboxylic acids is 1. The molecular weight excluding hydrogens is 728 g/mol. The second-order valence-electron chi connectivity index (χ2n) is 23.2. The van der Waals surface area contributed by atoms with E-state index in [2.05, 4.69) is 51.8 Å². The van der Waals surface area contributed by atoms with E-state index in [9.17, 15) is 23.1 Å². The Morgan fingerprint density at radius 3 is 2.07 bits per heavy atom. The lowest BCUT2D eigenvalue weighted by molar-refractivity contribution is -0.250. The molecule has 8 nitrogen and oxygen atoms in total. The quantitative estimate of drug-likeness (QED) is 0.224. The molecule has 7 saturated carbocycles. The van der Waals surface area contributed by atoms with Gasteiger partial charge in [-0.05, 0) is 147 Å². The van der Waals surface area contributed by atoms with E-state index in [1.807, 2.05) is 13.8 Å². The normalized spacial score (nSPS) is 48.1. The lowest BCUT2D eigenvalue weighted by Crippen LogP contribution is -2.69. The third-order valence-electron chi connectivity index (χ3n) is 20.5. The van der Waals surface area contributed by atoms with E-state index in [0.29, 0.717) is 61.1 Å². The molecular formula is C46H75FN2O6S. The predicted octanol–water partition coefficient (Wildman–Crippen LogP) is 8.33. The van der Waals surface area contributed by atoms with E-state index in [1.54, 1.807) is 6.92 Å². The minimum Gasteiger partial charge on any atom is -0.481 e. The highest BCUT2D eigenvalue weighted by Gasteiger charge is 2.72. The number of alkyl halides is 1. The number of nitrogens with one attached hydrogen (secondary N) is 1. The Balaban J connectivity index is 1.02. The Morgan fingerprint density at radius 1 is 0.786 bits per heavy atom. The highest BCUT2D eigenvalue weighted by molar-refractivity contribution is 7.91. The Morgan fingerprint density at radius 2 is 1.46 bits per heavy atom. The summed E-state index contributed by atoms with van der Waals surface area (Å²) in [5.74, 6) is 1.27. The van der Waals surface area contributed by atoms with Crippen LogP contribution < -0.4 is 5.32 Å². The number of carbonyl (C=O) groups excluding carboxylic acids is 1. The van der Waals surface area contributed by atoms with E-state index in [-0.39, 0.29) is 62.7 Å². The zero-order valence-electron chi connectivity index (χ0n) is 36.2. The first-order valence-corrected chi connectivity index (χ1v) is 24.5. The summed E-state index contributed by atoms with van der Waals surface area (Å²) < 4.78 is 46.4. The van der Waals surface area contributed by atoms with Crippen LogP contribution in [0.5, 0.6) is 0 Å². The molecule has 2 N–H and O–H groups in total. The molecule has 0 spiro atoms. The van der Waals surface area contributed by atoms with Crippen molar-refractivity contribution in [2.75, 3.05) is 31.1 Å². The van der Waals surface area contributed by atoms with Crippen LogP contribution in [-0.4, -0.2) is 85.4 Å². The first-order valence-electron chi connectivity index (χ1n) is 22.7. The van der Waals surface area contributed by atoms with Crippen LogP contribution in [0.3, 0.4) is 0 Å². The molecule has 7 aliphatic carbocycles. The van der Waals surface area contributed by atoms with Gasteiger partial charge in [-0.1, -0.05) is 55.4 Å². The average Bonchev–Trinajstić information content (AvgIpc) is 3.72. The van der Waals surface area contributed by atoms with Crippen molar-refractivity contribution in [1.29, 1.82) is 0 Å². The Hall–Kier alpha value is -1.26. The number of carboxylic acid groups (broad SMARTS) is 1. The van der Waals surface area contributed by atoms with Crippen LogP contribution in [0.1, 0.15) is 146 Å². The maximum absolute atomic E-state index is 15.4. The van der Waals surface area contributed by atoms with E-state index in [4.69, 9.17) is 4.74 Å². The van der Waals surface area contributed by atoms with Gasteiger partial charge >= 0.3 is 11.9 Å². The van der Waals surface area contributed by atoms with Gasteiger partial charge in [0.1, 0.15) is 12.3 Å².